The Morgan fingerprint density at radius 1 is 0.636 bits per heavy atom. The summed E-state index contributed by atoms with van der Waals surface area (Å²) < 4.78 is 0. The highest BCUT2D eigenvalue weighted by molar-refractivity contribution is 6.58. The topological polar surface area (TPSA) is 121 Å². The van der Waals surface area contributed by atoms with Crippen LogP contribution in [0.4, 0.5) is 0 Å². The summed E-state index contributed by atoms with van der Waals surface area (Å²) >= 11 is -0.171. The Bertz CT molecular complexity index is 144. The average molecular weight is 359 g/mol. The van der Waals surface area contributed by atoms with Crippen LogP contribution in [0.5, 0.6) is 0 Å². The van der Waals surface area contributed by atoms with Crippen LogP contribution in [0.15, 0.2) is 0 Å². The van der Waals surface area contributed by atoms with Crippen molar-refractivity contribution in [3.63, 3.8) is 0 Å². The van der Waals surface area contributed by atoms with Crippen LogP contribution in [-0.2, 0) is 0 Å². The predicted octanol–water partition coefficient (Wildman–Crippen LogP) is 1.49. The molecule has 0 bridgehead atoms. The summed E-state index contributed by atoms with van der Waals surface area (Å²) in [5.74, 6) is 0. The molecule has 138 valence electrons. The fraction of sp³-hybridized carbons (Fsp3) is 1.00. The summed E-state index contributed by atoms with van der Waals surface area (Å²) in [6.07, 6.45) is 4.08. The molecule has 0 aromatic heterocycles. The monoisotopic (exact) mass is 358 g/mol. The van der Waals surface area contributed by atoms with E-state index in [1.165, 1.54) is 15.8 Å². The molecule has 22 heavy (non-hydrogen) atoms. The molecule has 0 saturated heterocycles. The van der Waals surface area contributed by atoms with Gasteiger partial charge in [0.25, 0.3) is 14.1 Å². The van der Waals surface area contributed by atoms with Crippen molar-refractivity contribution in [3.8, 4) is 0 Å². The lowest BCUT2D eigenvalue weighted by Gasteiger charge is -1.97. The van der Waals surface area contributed by atoms with Crippen molar-refractivity contribution in [3.05, 3.63) is 0 Å². The Morgan fingerprint density at radius 3 is 0.864 bits per heavy atom. The van der Waals surface area contributed by atoms with E-state index in [0.717, 1.165) is 25.7 Å². The van der Waals surface area contributed by atoms with Gasteiger partial charge in [0.1, 0.15) is 0 Å². The van der Waals surface area contributed by atoms with Crippen molar-refractivity contribution in [1.29, 1.82) is 0 Å². The van der Waals surface area contributed by atoms with Gasteiger partial charge in [0.15, 0.2) is 0 Å². The fourth-order valence-electron chi connectivity index (χ4n) is 1.18. The molecule has 0 aliphatic rings. The average Bonchev–Trinajstić information content (AvgIpc) is 2.42. The van der Waals surface area contributed by atoms with Crippen LogP contribution in [0, 0.1) is 0 Å². The van der Waals surface area contributed by atoms with Gasteiger partial charge in [0, 0.05) is 13.2 Å². The summed E-state index contributed by atoms with van der Waals surface area (Å²) in [5.41, 5.74) is 0. The molecule has 0 unspecified atom stereocenters. The van der Waals surface area contributed by atoms with Crippen molar-refractivity contribution in [2.24, 2.45) is 0 Å². The predicted molar refractivity (Wildman–Crippen MR) is 95.8 cm³/mol. The molecule has 0 aromatic carbocycles. The van der Waals surface area contributed by atoms with E-state index in [4.69, 9.17) is 29.4 Å². The van der Waals surface area contributed by atoms with Crippen molar-refractivity contribution in [1.82, 2.24) is 0 Å². The van der Waals surface area contributed by atoms with Crippen molar-refractivity contribution < 1.29 is 29.4 Å². The first kappa shape index (κ1) is 30.4. The highest BCUT2D eigenvalue weighted by atomic mass is 28.4. The molecule has 6 N–H and O–H groups in total. The SMILES string of the molecule is CCCCO.CCCCO.C[CH2][Al]([CH2]C)[CH2]C.O[Si](O)(O)O. The standard InChI is InChI=1S/2C4H10O.3C2H5.Al.H4O4Si/c2*1-2-3-4-5;3*1-2;;1-5(2,3)4/h2*5H,2-4H2,1H3;3*1H2,2H3;;1-4H. The summed E-state index contributed by atoms with van der Waals surface area (Å²) in [6.45, 7) is 11.8. The number of aliphatic hydroxyl groups excluding tert-OH is 2. The molecule has 0 rings (SSSR count). The van der Waals surface area contributed by atoms with Gasteiger partial charge in [-0.1, -0.05) is 63.3 Å². The summed E-state index contributed by atoms with van der Waals surface area (Å²) in [7, 11) is -4.61. The molecule has 0 spiro atoms. The Morgan fingerprint density at radius 2 is 0.864 bits per heavy atom. The minimum atomic E-state index is -4.61. The Labute approximate surface area is 142 Å². The van der Waals surface area contributed by atoms with Gasteiger partial charge in [-0.05, 0) is 12.8 Å². The molecular weight excluding hydrogens is 319 g/mol. The van der Waals surface area contributed by atoms with E-state index < -0.39 is 9.05 Å². The van der Waals surface area contributed by atoms with Crippen molar-refractivity contribution in [2.45, 2.75) is 76.2 Å². The fourth-order valence-corrected chi connectivity index (χ4v) is 2.91. The summed E-state index contributed by atoms with van der Waals surface area (Å²) in [6, 6.07) is 0. The van der Waals surface area contributed by atoms with Crippen LogP contribution in [0.2, 0.25) is 15.8 Å². The zero-order valence-corrected chi connectivity index (χ0v) is 17.3. The molecule has 0 aliphatic carbocycles. The Hall–Kier alpha value is 0.509. The number of hydrogen-bond acceptors (Lipinski definition) is 6. The second kappa shape index (κ2) is 26.4. The lowest BCUT2D eigenvalue weighted by atomic mass is 10.4. The second-order valence-electron chi connectivity index (χ2n) is 4.85. The first-order valence-electron chi connectivity index (χ1n) is 8.29. The van der Waals surface area contributed by atoms with Gasteiger partial charge >= 0.3 is 9.05 Å². The van der Waals surface area contributed by atoms with E-state index in [9.17, 15) is 0 Å². The molecule has 6 nitrogen and oxygen atoms in total. The molecule has 0 radical (unpaired) electrons. The Kier molecular flexibility index (Phi) is 36.5. The summed E-state index contributed by atoms with van der Waals surface area (Å²) in [4.78, 5) is 29.3. The minimum Gasteiger partial charge on any atom is -0.396 e. The van der Waals surface area contributed by atoms with E-state index in [1.807, 2.05) is 0 Å². The lowest BCUT2D eigenvalue weighted by Crippen LogP contribution is -2.33. The largest absolute Gasteiger partial charge is 0.668 e. The van der Waals surface area contributed by atoms with Gasteiger partial charge in [0.05, 0.1) is 0 Å². The zero-order chi connectivity index (χ0) is 18.4. The first-order valence-corrected chi connectivity index (χ1v) is 12.5. The van der Waals surface area contributed by atoms with Crippen molar-refractivity contribution >= 4 is 23.2 Å². The molecular formula is C14H39AlO6Si. The lowest BCUT2D eigenvalue weighted by molar-refractivity contribution is 0.117. The van der Waals surface area contributed by atoms with E-state index in [0.29, 0.717) is 13.2 Å². The molecule has 0 saturated carbocycles. The van der Waals surface area contributed by atoms with E-state index >= 15 is 0 Å². The second-order valence-corrected chi connectivity index (χ2v) is 10.2. The number of unbranched alkanes of at least 4 members (excludes halogenated alkanes) is 2. The van der Waals surface area contributed by atoms with Crippen LogP contribution in [0.1, 0.15) is 60.3 Å². The van der Waals surface area contributed by atoms with Gasteiger partial charge in [-0.15, -0.1) is 0 Å². The quantitative estimate of drug-likeness (QED) is 0.384. The molecule has 0 amide bonds. The maximum absolute atomic E-state index is 8.07. The molecule has 0 aliphatic heterocycles. The van der Waals surface area contributed by atoms with Gasteiger partial charge < -0.3 is 29.4 Å². The normalized spacial score (nSPS) is 9.41. The van der Waals surface area contributed by atoms with Crippen molar-refractivity contribution in [2.75, 3.05) is 13.2 Å². The highest BCUT2D eigenvalue weighted by Gasteiger charge is 2.22. The third-order valence-corrected chi connectivity index (χ3v) is 6.22. The number of rotatable bonds is 7. The molecule has 0 atom stereocenters. The zero-order valence-electron chi connectivity index (χ0n) is 15.1. The number of hydrogen-bond donors (Lipinski definition) is 6. The first-order chi connectivity index (χ1) is 10.2. The van der Waals surface area contributed by atoms with Gasteiger partial charge in [-0.25, -0.2) is 0 Å². The van der Waals surface area contributed by atoms with E-state index in [2.05, 4.69) is 34.6 Å². The third kappa shape index (κ3) is 70.7. The molecule has 0 aromatic rings. The number of aliphatic hydroxyl groups is 2. The van der Waals surface area contributed by atoms with E-state index in [1.54, 1.807) is 0 Å². The Balaban J connectivity index is -0.0000000995. The van der Waals surface area contributed by atoms with Gasteiger partial charge in [0.2, 0.25) is 0 Å². The molecule has 0 heterocycles. The molecule has 8 heteroatoms. The van der Waals surface area contributed by atoms with Crippen LogP contribution in [0.25, 0.3) is 0 Å². The van der Waals surface area contributed by atoms with Crippen LogP contribution >= 0.6 is 0 Å². The van der Waals surface area contributed by atoms with Gasteiger partial charge in [-0.3, -0.25) is 0 Å². The highest BCUT2D eigenvalue weighted by Crippen LogP contribution is 2.01. The molecule has 0 fully saturated rings. The van der Waals surface area contributed by atoms with Gasteiger partial charge in [-0.2, -0.15) is 0 Å². The smallest absolute Gasteiger partial charge is 0.396 e. The van der Waals surface area contributed by atoms with Crippen LogP contribution in [0.3, 0.4) is 0 Å². The maximum atomic E-state index is 8.07. The third-order valence-electron chi connectivity index (χ3n) is 2.76. The minimum absolute atomic E-state index is 0.171. The van der Waals surface area contributed by atoms with E-state index in [-0.39, 0.29) is 14.1 Å². The summed E-state index contributed by atoms with van der Waals surface area (Å²) in [5, 5.41) is 20.6. The van der Waals surface area contributed by atoms with Crippen LogP contribution < -0.4 is 0 Å². The van der Waals surface area contributed by atoms with Crippen LogP contribution in [-0.4, -0.2) is 65.8 Å². The maximum Gasteiger partial charge on any atom is 0.668 e.